The van der Waals surface area contributed by atoms with E-state index in [0.29, 0.717) is 5.92 Å². The molecule has 0 saturated heterocycles. The molecule has 19 heavy (non-hydrogen) atoms. The molecule has 0 aliphatic carbocycles. The number of fused-ring (bicyclic) bond motifs is 1. The number of hydrogen-bond acceptors (Lipinski definition) is 4. The number of nitrogens with two attached hydrogens (primary N) is 1. The fraction of sp³-hybridized carbons (Fsp3) is 0.400. The Morgan fingerprint density at radius 1 is 1.37 bits per heavy atom. The molecular weight excluding hydrogens is 238 g/mol. The maximum Gasteiger partial charge on any atom is 0.0702 e. The van der Waals surface area contributed by atoms with E-state index < -0.39 is 0 Å². The molecule has 1 aromatic heterocycles. The van der Waals surface area contributed by atoms with Crippen LogP contribution < -0.4 is 11.3 Å². The minimum Gasteiger partial charge on any atom is -0.385 e. The van der Waals surface area contributed by atoms with E-state index in [2.05, 4.69) is 35.5 Å². The smallest absolute Gasteiger partial charge is 0.0702 e. The number of nitrogens with one attached hydrogen (secondary N) is 1. The summed E-state index contributed by atoms with van der Waals surface area (Å²) in [4.78, 5) is 4.33. The minimum atomic E-state index is 0.125. The van der Waals surface area contributed by atoms with Crippen molar-refractivity contribution in [1.29, 1.82) is 0 Å². The second kappa shape index (κ2) is 6.61. The van der Waals surface area contributed by atoms with Gasteiger partial charge < -0.3 is 4.74 Å². The summed E-state index contributed by atoms with van der Waals surface area (Å²) in [6, 6.07) is 10.4. The van der Waals surface area contributed by atoms with E-state index in [1.54, 1.807) is 7.11 Å². The second-order valence-electron chi connectivity index (χ2n) is 4.86. The second-order valence-corrected chi connectivity index (χ2v) is 4.86. The zero-order valence-electron chi connectivity index (χ0n) is 11.5. The molecule has 1 heterocycles. The van der Waals surface area contributed by atoms with E-state index in [9.17, 15) is 0 Å². The maximum absolute atomic E-state index is 5.72. The Balaban J connectivity index is 2.24. The molecule has 102 valence electrons. The fourth-order valence-corrected chi connectivity index (χ4v) is 2.35. The molecule has 0 radical (unpaired) electrons. The number of nitrogens with zero attached hydrogens (tertiary/aromatic N) is 1. The quantitative estimate of drug-likeness (QED) is 0.618. The summed E-state index contributed by atoms with van der Waals surface area (Å²) in [6.07, 6.45) is 2.78. The van der Waals surface area contributed by atoms with E-state index >= 15 is 0 Å². The van der Waals surface area contributed by atoms with Gasteiger partial charge in [0.1, 0.15) is 0 Å². The lowest BCUT2D eigenvalue weighted by molar-refractivity contribution is 0.170. The zero-order valence-corrected chi connectivity index (χ0v) is 11.5. The van der Waals surface area contributed by atoms with Gasteiger partial charge in [0.05, 0.1) is 5.52 Å². The number of pyridine rings is 1. The molecule has 2 unspecified atom stereocenters. The van der Waals surface area contributed by atoms with Crippen molar-refractivity contribution in [3.63, 3.8) is 0 Å². The van der Waals surface area contributed by atoms with Crippen LogP contribution in [0.25, 0.3) is 10.9 Å². The Kier molecular flexibility index (Phi) is 4.85. The molecule has 3 N–H and O–H groups in total. The van der Waals surface area contributed by atoms with Gasteiger partial charge in [-0.1, -0.05) is 19.1 Å². The van der Waals surface area contributed by atoms with Crippen LogP contribution in [0.4, 0.5) is 0 Å². The lowest BCUT2D eigenvalue weighted by Crippen LogP contribution is -2.33. The van der Waals surface area contributed by atoms with Crippen molar-refractivity contribution in [3.8, 4) is 0 Å². The first kappa shape index (κ1) is 13.9. The molecule has 2 rings (SSSR count). The van der Waals surface area contributed by atoms with Gasteiger partial charge in [0.15, 0.2) is 0 Å². The Morgan fingerprint density at radius 2 is 2.21 bits per heavy atom. The largest absolute Gasteiger partial charge is 0.385 e. The molecule has 2 atom stereocenters. The first-order valence-corrected chi connectivity index (χ1v) is 6.56. The molecule has 2 aromatic rings. The van der Waals surface area contributed by atoms with E-state index in [1.165, 1.54) is 5.56 Å². The first-order valence-electron chi connectivity index (χ1n) is 6.56. The summed E-state index contributed by atoms with van der Waals surface area (Å²) in [6.45, 7) is 2.92. The van der Waals surface area contributed by atoms with Crippen molar-refractivity contribution < 1.29 is 4.74 Å². The number of aromatic nitrogens is 1. The molecule has 0 bridgehead atoms. The normalized spacial score (nSPS) is 14.5. The predicted octanol–water partition coefficient (Wildman–Crippen LogP) is 2.41. The third-order valence-corrected chi connectivity index (χ3v) is 3.51. The van der Waals surface area contributed by atoms with Gasteiger partial charge in [-0.3, -0.25) is 16.3 Å². The van der Waals surface area contributed by atoms with E-state index in [1.807, 2.05) is 18.3 Å². The van der Waals surface area contributed by atoms with Gasteiger partial charge in [0.2, 0.25) is 0 Å². The average Bonchev–Trinajstić information content (AvgIpc) is 2.45. The summed E-state index contributed by atoms with van der Waals surface area (Å²) in [5.74, 6) is 6.12. The summed E-state index contributed by atoms with van der Waals surface area (Å²) < 4.78 is 5.13. The summed E-state index contributed by atoms with van der Waals surface area (Å²) >= 11 is 0. The van der Waals surface area contributed by atoms with Crippen LogP contribution in [0.15, 0.2) is 36.5 Å². The van der Waals surface area contributed by atoms with Crippen molar-refractivity contribution in [3.05, 3.63) is 42.1 Å². The highest BCUT2D eigenvalue weighted by Gasteiger charge is 2.18. The molecule has 0 aliphatic rings. The summed E-state index contributed by atoms with van der Waals surface area (Å²) in [5.41, 5.74) is 5.11. The van der Waals surface area contributed by atoms with Crippen LogP contribution in [0.1, 0.15) is 24.9 Å². The highest BCUT2D eigenvalue weighted by atomic mass is 16.5. The average molecular weight is 259 g/mol. The van der Waals surface area contributed by atoms with Crippen LogP contribution in [0.3, 0.4) is 0 Å². The van der Waals surface area contributed by atoms with Crippen LogP contribution in [-0.4, -0.2) is 18.7 Å². The van der Waals surface area contributed by atoms with Crippen LogP contribution >= 0.6 is 0 Å². The number of methoxy groups -OCH3 is 1. The van der Waals surface area contributed by atoms with Crippen LogP contribution in [0.5, 0.6) is 0 Å². The third-order valence-electron chi connectivity index (χ3n) is 3.51. The van der Waals surface area contributed by atoms with Crippen LogP contribution in [-0.2, 0) is 4.74 Å². The summed E-state index contributed by atoms with van der Waals surface area (Å²) in [7, 11) is 1.72. The third kappa shape index (κ3) is 3.29. The molecule has 0 amide bonds. The molecule has 1 aromatic carbocycles. The highest BCUT2D eigenvalue weighted by Crippen LogP contribution is 2.26. The van der Waals surface area contributed by atoms with Crippen molar-refractivity contribution in [2.45, 2.75) is 19.4 Å². The molecule has 0 fully saturated rings. The van der Waals surface area contributed by atoms with Gasteiger partial charge in [-0.05, 0) is 36.1 Å². The van der Waals surface area contributed by atoms with Crippen molar-refractivity contribution in [1.82, 2.24) is 10.4 Å². The molecule has 4 nitrogen and oxygen atoms in total. The molecule has 0 spiro atoms. The SMILES string of the molecule is COCCC(C)C(NN)c1ccc2ncccc2c1. The summed E-state index contributed by atoms with van der Waals surface area (Å²) in [5, 5.41) is 1.14. The number of benzene rings is 1. The van der Waals surface area contributed by atoms with Crippen molar-refractivity contribution >= 4 is 10.9 Å². The predicted molar refractivity (Wildman–Crippen MR) is 77.5 cm³/mol. The topological polar surface area (TPSA) is 60.2 Å². The molecule has 4 heteroatoms. The van der Waals surface area contributed by atoms with E-state index in [4.69, 9.17) is 10.6 Å². The Labute approximate surface area is 113 Å². The minimum absolute atomic E-state index is 0.125. The standard InChI is InChI=1S/C15H21N3O/c1-11(7-9-19-2)15(18-16)13-5-6-14-12(10-13)4-3-8-17-14/h3-6,8,10-11,15,18H,7,9,16H2,1-2H3. The van der Waals surface area contributed by atoms with Gasteiger partial charge in [0.25, 0.3) is 0 Å². The van der Waals surface area contributed by atoms with Gasteiger partial charge in [-0.25, -0.2) is 0 Å². The van der Waals surface area contributed by atoms with Gasteiger partial charge in [0, 0.05) is 31.3 Å². The van der Waals surface area contributed by atoms with Gasteiger partial charge >= 0.3 is 0 Å². The number of hydrazine groups is 1. The monoisotopic (exact) mass is 259 g/mol. The zero-order chi connectivity index (χ0) is 13.7. The van der Waals surface area contributed by atoms with E-state index in [-0.39, 0.29) is 6.04 Å². The lowest BCUT2D eigenvalue weighted by Gasteiger charge is -2.23. The van der Waals surface area contributed by atoms with Crippen LogP contribution in [0.2, 0.25) is 0 Å². The number of ether oxygens (including phenoxy) is 1. The van der Waals surface area contributed by atoms with Crippen molar-refractivity contribution in [2.24, 2.45) is 11.8 Å². The first-order chi connectivity index (χ1) is 9.26. The number of hydrogen-bond donors (Lipinski definition) is 2. The van der Waals surface area contributed by atoms with E-state index in [0.717, 1.165) is 23.9 Å². The van der Waals surface area contributed by atoms with Gasteiger partial charge in [-0.15, -0.1) is 0 Å². The highest BCUT2D eigenvalue weighted by molar-refractivity contribution is 5.79. The van der Waals surface area contributed by atoms with Gasteiger partial charge in [-0.2, -0.15) is 0 Å². The number of rotatable bonds is 6. The Morgan fingerprint density at radius 3 is 2.95 bits per heavy atom. The Bertz CT molecular complexity index is 530. The van der Waals surface area contributed by atoms with Crippen LogP contribution in [0, 0.1) is 5.92 Å². The molecule has 0 aliphatic heterocycles. The lowest BCUT2D eigenvalue weighted by atomic mass is 9.92. The fourth-order valence-electron chi connectivity index (χ4n) is 2.35. The van der Waals surface area contributed by atoms with Crippen molar-refractivity contribution in [2.75, 3.05) is 13.7 Å². The molecule has 0 saturated carbocycles. The Hall–Kier alpha value is -1.49. The maximum atomic E-state index is 5.72. The molecular formula is C15H21N3O.